The molecule has 0 saturated heterocycles. The van der Waals surface area contributed by atoms with Gasteiger partial charge in [-0.1, -0.05) is 19.9 Å². The Morgan fingerprint density at radius 3 is 2.27 bits per heavy atom. The number of ketones is 1. The fourth-order valence-electron chi connectivity index (χ4n) is 2.61. The summed E-state index contributed by atoms with van der Waals surface area (Å²) in [5.41, 5.74) is 0.377. The van der Waals surface area contributed by atoms with Gasteiger partial charge in [-0.05, 0) is 35.7 Å². The van der Waals surface area contributed by atoms with Crippen molar-refractivity contribution in [3.05, 3.63) is 46.7 Å². The third-order valence-corrected chi connectivity index (χ3v) is 7.17. The summed E-state index contributed by atoms with van der Waals surface area (Å²) in [5, 5.41) is 4.31. The fourth-order valence-corrected chi connectivity index (χ4v) is 4.77. The first-order chi connectivity index (χ1) is 14.3. The van der Waals surface area contributed by atoms with Gasteiger partial charge in [0, 0.05) is 25.2 Å². The Morgan fingerprint density at radius 1 is 1.03 bits per heavy atom. The Kier molecular flexibility index (Phi) is 8.70. The number of amides is 1. The molecule has 2 aromatic rings. The highest BCUT2D eigenvalue weighted by molar-refractivity contribution is 7.89. The maximum atomic E-state index is 12.4. The van der Waals surface area contributed by atoms with E-state index in [0.717, 1.165) is 0 Å². The summed E-state index contributed by atoms with van der Waals surface area (Å²) < 4.78 is 31.1. The normalized spacial score (nSPS) is 11.3. The van der Waals surface area contributed by atoms with Gasteiger partial charge in [-0.25, -0.2) is 8.42 Å². The second kappa shape index (κ2) is 11.0. The highest BCUT2D eigenvalue weighted by atomic mass is 32.2. The lowest BCUT2D eigenvalue weighted by molar-refractivity contribution is -0.147. The van der Waals surface area contributed by atoms with Crippen LogP contribution in [0, 0.1) is 0 Å². The quantitative estimate of drug-likeness (QED) is 0.415. The van der Waals surface area contributed by atoms with Crippen LogP contribution in [-0.2, 0) is 24.3 Å². The Bertz CT molecular complexity index is 965. The summed E-state index contributed by atoms with van der Waals surface area (Å²) in [6, 6.07) is 9.19. The summed E-state index contributed by atoms with van der Waals surface area (Å²) in [7, 11) is -3.57. The van der Waals surface area contributed by atoms with Crippen LogP contribution in [0.15, 0.2) is 46.7 Å². The molecule has 0 aliphatic carbocycles. The van der Waals surface area contributed by atoms with E-state index in [-0.39, 0.29) is 23.5 Å². The largest absolute Gasteiger partial charge is 0.456 e. The van der Waals surface area contributed by atoms with Gasteiger partial charge in [0.2, 0.25) is 10.0 Å². The van der Waals surface area contributed by atoms with Crippen molar-refractivity contribution < 1.29 is 27.5 Å². The molecule has 0 atom stereocenters. The van der Waals surface area contributed by atoms with Gasteiger partial charge in [0.05, 0.1) is 16.2 Å². The molecule has 1 aromatic heterocycles. The maximum Gasteiger partial charge on any atom is 0.306 e. The predicted octanol–water partition coefficient (Wildman–Crippen LogP) is 2.92. The van der Waals surface area contributed by atoms with E-state index in [2.05, 4.69) is 5.32 Å². The Morgan fingerprint density at radius 2 is 1.70 bits per heavy atom. The van der Waals surface area contributed by atoms with E-state index in [0.29, 0.717) is 23.7 Å². The molecule has 0 spiro atoms. The number of benzene rings is 1. The molecule has 0 aliphatic heterocycles. The molecule has 1 amide bonds. The smallest absolute Gasteiger partial charge is 0.306 e. The average molecular weight is 453 g/mol. The van der Waals surface area contributed by atoms with Crippen LogP contribution < -0.4 is 5.32 Å². The number of ether oxygens (including phenoxy) is 1. The molecule has 1 heterocycles. The second-order valence-corrected chi connectivity index (χ2v) is 9.11. The van der Waals surface area contributed by atoms with E-state index in [9.17, 15) is 22.8 Å². The molecule has 0 radical (unpaired) electrons. The lowest BCUT2D eigenvalue weighted by Crippen LogP contribution is -2.30. The molecule has 30 heavy (non-hydrogen) atoms. The van der Waals surface area contributed by atoms with Gasteiger partial charge in [-0.15, -0.1) is 11.3 Å². The number of hydrogen-bond acceptors (Lipinski definition) is 7. The van der Waals surface area contributed by atoms with E-state index in [1.54, 1.807) is 31.4 Å². The van der Waals surface area contributed by atoms with E-state index < -0.39 is 28.5 Å². The van der Waals surface area contributed by atoms with E-state index >= 15 is 0 Å². The van der Waals surface area contributed by atoms with Gasteiger partial charge >= 0.3 is 5.97 Å². The van der Waals surface area contributed by atoms with Crippen molar-refractivity contribution in [2.75, 3.05) is 25.0 Å². The van der Waals surface area contributed by atoms with Crippen LogP contribution in [0.25, 0.3) is 0 Å². The first-order valence-electron chi connectivity index (χ1n) is 9.40. The third kappa shape index (κ3) is 6.48. The standard InChI is InChI=1S/C20H24N2O6S2/c1-3-22(4-2)30(26,27)16-9-7-15(8-10-16)21-19(24)14-28-20(25)12-11-17(23)18-6-5-13-29-18/h5-10,13H,3-4,11-12,14H2,1-2H3,(H,21,24). The SMILES string of the molecule is CCN(CC)S(=O)(=O)c1ccc(NC(=O)COC(=O)CCC(=O)c2cccs2)cc1. The predicted molar refractivity (Wildman–Crippen MR) is 114 cm³/mol. The van der Waals surface area contributed by atoms with Crippen LogP contribution >= 0.6 is 11.3 Å². The number of nitrogens with one attached hydrogen (secondary N) is 1. The number of sulfonamides is 1. The number of nitrogens with zero attached hydrogens (tertiary/aromatic N) is 1. The van der Waals surface area contributed by atoms with Crippen LogP contribution in [0.3, 0.4) is 0 Å². The van der Waals surface area contributed by atoms with Crippen LogP contribution in [0.5, 0.6) is 0 Å². The summed E-state index contributed by atoms with van der Waals surface area (Å²) >= 11 is 1.30. The molecule has 2 rings (SSSR count). The molecule has 1 N–H and O–H groups in total. The van der Waals surface area contributed by atoms with E-state index in [1.807, 2.05) is 0 Å². The lowest BCUT2D eigenvalue weighted by atomic mass is 10.2. The minimum atomic E-state index is -3.57. The number of hydrogen-bond donors (Lipinski definition) is 1. The van der Waals surface area contributed by atoms with Crippen molar-refractivity contribution in [3.8, 4) is 0 Å². The van der Waals surface area contributed by atoms with Crippen LogP contribution in [0.2, 0.25) is 0 Å². The van der Waals surface area contributed by atoms with E-state index in [4.69, 9.17) is 4.74 Å². The van der Waals surface area contributed by atoms with Crippen LogP contribution in [0.4, 0.5) is 5.69 Å². The number of thiophene rings is 1. The molecule has 0 fully saturated rings. The van der Waals surface area contributed by atoms with Crippen LogP contribution in [-0.4, -0.2) is 50.1 Å². The molecule has 162 valence electrons. The highest BCUT2D eigenvalue weighted by Crippen LogP contribution is 2.18. The van der Waals surface area contributed by atoms with Gasteiger partial charge in [0.15, 0.2) is 12.4 Å². The molecular weight excluding hydrogens is 428 g/mol. The minimum absolute atomic E-state index is 0.0173. The Labute approximate surface area is 179 Å². The zero-order chi connectivity index (χ0) is 22.1. The number of Topliss-reactive ketones (excluding diaryl/α,β-unsaturated/α-hetero) is 1. The molecule has 0 saturated carbocycles. The summed E-state index contributed by atoms with van der Waals surface area (Å²) in [5.74, 6) is -1.35. The summed E-state index contributed by atoms with van der Waals surface area (Å²) in [6.07, 6.45) is -0.0919. The number of esters is 1. The number of anilines is 1. The Hall–Kier alpha value is -2.56. The van der Waals surface area contributed by atoms with Crippen molar-refractivity contribution in [1.29, 1.82) is 0 Å². The highest BCUT2D eigenvalue weighted by Gasteiger charge is 2.21. The van der Waals surface area contributed by atoms with Crippen molar-refractivity contribution in [2.45, 2.75) is 31.6 Å². The van der Waals surface area contributed by atoms with Gasteiger partial charge in [0.1, 0.15) is 0 Å². The zero-order valence-electron chi connectivity index (χ0n) is 16.8. The summed E-state index contributed by atoms with van der Waals surface area (Å²) in [4.78, 5) is 36.2. The molecule has 8 nitrogen and oxygen atoms in total. The molecular formula is C20H24N2O6S2. The monoisotopic (exact) mass is 452 g/mol. The first kappa shape index (κ1) is 23.7. The van der Waals surface area contributed by atoms with Crippen LogP contribution in [0.1, 0.15) is 36.4 Å². The fraction of sp³-hybridized carbons (Fsp3) is 0.350. The molecule has 0 bridgehead atoms. The molecule has 0 aliphatic rings. The topological polar surface area (TPSA) is 110 Å². The molecule has 1 aromatic carbocycles. The maximum absolute atomic E-state index is 12.4. The number of carbonyl (C=O) groups excluding carboxylic acids is 3. The van der Waals surface area contributed by atoms with Crippen molar-refractivity contribution >= 4 is 44.7 Å². The van der Waals surface area contributed by atoms with Gasteiger partial charge in [-0.2, -0.15) is 4.31 Å². The average Bonchev–Trinajstić information content (AvgIpc) is 3.26. The lowest BCUT2D eigenvalue weighted by Gasteiger charge is -2.18. The zero-order valence-corrected chi connectivity index (χ0v) is 18.4. The minimum Gasteiger partial charge on any atom is -0.456 e. The van der Waals surface area contributed by atoms with Crippen molar-refractivity contribution in [3.63, 3.8) is 0 Å². The van der Waals surface area contributed by atoms with E-state index in [1.165, 1.54) is 39.9 Å². The van der Waals surface area contributed by atoms with Crippen molar-refractivity contribution in [2.24, 2.45) is 0 Å². The number of rotatable bonds is 11. The third-order valence-electron chi connectivity index (χ3n) is 4.20. The van der Waals surface area contributed by atoms with Gasteiger partial charge in [-0.3, -0.25) is 14.4 Å². The molecule has 10 heteroatoms. The second-order valence-electron chi connectivity index (χ2n) is 6.22. The molecule has 0 unspecified atom stereocenters. The summed E-state index contributed by atoms with van der Waals surface area (Å²) in [6.45, 7) is 3.75. The van der Waals surface area contributed by atoms with Gasteiger partial charge < -0.3 is 10.1 Å². The first-order valence-corrected chi connectivity index (χ1v) is 11.7. The Balaban J connectivity index is 1.80. The van der Waals surface area contributed by atoms with Gasteiger partial charge in [0.25, 0.3) is 5.91 Å². The number of carbonyl (C=O) groups is 3. The van der Waals surface area contributed by atoms with Crippen molar-refractivity contribution in [1.82, 2.24) is 4.31 Å².